The van der Waals surface area contributed by atoms with E-state index in [2.05, 4.69) is 18.5 Å². The van der Waals surface area contributed by atoms with Crippen LogP contribution in [0.1, 0.15) is 17.3 Å². The molecule has 0 saturated heterocycles. The average Bonchev–Trinajstić information content (AvgIpc) is 2.36. The van der Waals surface area contributed by atoms with Gasteiger partial charge in [0.1, 0.15) is 5.75 Å². The maximum atomic E-state index is 11.9. The monoisotopic (exact) mass is 268 g/mol. The second-order valence-electron chi connectivity index (χ2n) is 4.22. The van der Waals surface area contributed by atoms with E-state index in [4.69, 9.17) is 10.5 Å². The number of ether oxygens (including phenoxy) is 1. The van der Waals surface area contributed by atoms with Gasteiger partial charge in [0, 0.05) is 18.3 Å². The molecule has 1 amide bonds. The number of nitrogens with two attached hydrogens (primary N) is 1. The summed E-state index contributed by atoms with van der Waals surface area (Å²) in [5, 5.41) is 2.89. The second-order valence-corrected chi connectivity index (χ2v) is 5.13. The Labute approximate surface area is 112 Å². The first-order valence-corrected chi connectivity index (χ1v) is 7.18. The van der Waals surface area contributed by atoms with Crippen LogP contribution >= 0.6 is 11.8 Å². The van der Waals surface area contributed by atoms with E-state index in [0.717, 1.165) is 5.75 Å². The maximum Gasteiger partial charge on any atom is 0.253 e. The molecule has 3 N–H and O–H groups in total. The lowest BCUT2D eigenvalue weighted by molar-refractivity contribution is 0.0950. The molecule has 0 aromatic heterocycles. The van der Waals surface area contributed by atoms with Gasteiger partial charge in [-0.05, 0) is 30.1 Å². The summed E-state index contributed by atoms with van der Waals surface area (Å²) in [4.78, 5) is 11.9. The summed E-state index contributed by atoms with van der Waals surface area (Å²) >= 11 is 1.77. The van der Waals surface area contributed by atoms with Gasteiger partial charge in [-0.25, -0.2) is 0 Å². The molecule has 100 valence electrons. The number of thioether (sulfide) groups is 1. The Bertz CT molecular complexity index is 410. The Morgan fingerprint density at radius 2 is 2.28 bits per heavy atom. The number of rotatable bonds is 6. The number of carbonyl (C=O) groups excluding carboxylic acids is 1. The summed E-state index contributed by atoms with van der Waals surface area (Å²) in [6.45, 7) is 2.76. The Balaban J connectivity index is 2.61. The lowest BCUT2D eigenvalue weighted by Crippen LogP contribution is -2.29. The van der Waals surface area contributed by atoms with E-state index in [1.807, 2.05) is 0 Å². The van der Waals surface area contributed by atoms with Gasteiger partial charge in [0.2, 0.25) is 0 Å². The number of amides is 1. The zero-order chi connectivity index (χ0) is 13.5. The van der Waals surface area contributed by atoms with Crippen LogP contribution in [0.25, 0.3) is 0 Å². The van der Waals surface area contributed by atoms with Gasteiger partial charge < -0.3 is 15.8 Å². The zero-order valence-corrected chi connectivity index (χ0v) is 11.8. The predicted molar refractivity (Wildman–Crippen MR) is 77.3 cm³/mol. The quantitative estimate of drug-likeness (QED) is 0.775. The van der Waals surface area contributed by atoms with Crippen molar-refractivity contribution in [3.63, 3.8) is 0 Å². The molecule has 0 fully saturated rings. The molecule has 0 aliphatic heterocycles. The van der Waals surface area contributed by atoms with E-state index in [-0.39, 0.29) is 5.91 Å². The lowest BCUT2D eigenvalue weighted by atomic mass is 10.1. The van der Waals surface area contributed by atoms with Gasteiger partial charge in [0.25, 0.3) is 5.91 Å². The third-order valence-electron chi connectivity index (χ3n) is 2.57. The standard InChI is InChI=1S/C13H20N2O2S/c1-9(8-18-3)7-15-13(16)11-5-4-10(17-2)6-12(11)14/h4-6,9H,7-8,14H2,1-3H3,(H,15,16). The molecule has 1 aromatic carbocycles. The molecule has 5 heteroatoms. The molecule has 0 bridgehead atoms. The summed E-state index contributed by atoms with van der Waals surface area (Å²) in [6, 6.07) is 5.07. The van der Waals surface area contributed by atoms with Gasteiger partial charge in [-0.2, -0.15) is 11.8 Å². The lowest BCUT2D eigenvalue weighted by Gasteiger charge is -2.12. The average molecular weight is 268 g/mol. The number of hydrogen-bond acceptors (Lipinski definition) is 4. The first kappa shape index (κ1) is 14.7. The highest BCUT2D eigenvalue weighted by molar-refractivity contribution is 7.98. The molecular formula is C13H20N2O2S. The fourth-order valence-electron chi connectivity index (χ4n) is 1.58. The molecule has 0 heterocycles. The molecule has 0 radical (unpaired) electrons. The summed E-state index contributed by atoms with van der Waals surface area (Å²) < 4.78 is 5.05. The molecule has 1 rings (SSSR count). The number of methoxy groups -OCH3 is 1. The van der Waals surface area contributed by atoms with E-state index >= 15 is 0 Å². The van der Waals surface area contributed by atoms with Crippen molar-refractivity contribution in [3.8, 4) is 5.75 Å². The van der Waals surface area contributed by atoms with Gasteiger partial charge in [0.15, 0.2) is 0 Å². The Morgan fingerprint density at radius 3 is 2.83 bits per heavy atom. The van der Waals surface area contributed by atoms with Crippen LogP contribution in [-0.4, -0.2) is 31.6 Å². The maximum absolute atomic E-state index is 11.9. The molecular weight excluding hydrogens is 248 g/mol. The van der Waals surface area contributed by atoms with Gasteiger partial charge in [-0.1, -0.05) is 6.92 Å². The SMILES string of the molecule is COc1ccc(C(=O)NCC(C)CSC)c(N)c1. The molecule has 0 aliphatic carbocycles. The number of hydrogen-bond donors (Lipinski definition) is 2. The van der Waals surface area contributed by atoms with Crippen LogP contribution in [-0.2, 0) is 0 Å². The molecule has 1 unspecified atom stereocenters. The molecule has 1 aromatic rings. The Morgan fingerprint density at radius 1 is 1.56 bits per heavy atom. The highest BCUT2D eigenvalue weighted by atomic mass is 32.2. The summed E-state index contributed by atoms with van der Waals surface area (Å²) in [6.07, 6.45) is 2.06. The second kappa shape index (κ2) is 7.16. The van der Waals surface area contributed by atoms with Crippen LogP contribution < -0.4 is 15.8 Å². The first-order valence-electron chi connectivity index (χ1n) is 5.79. The minimum absolute atomic E-state index is 0.136. The minimum atomic E-state index is -0.136. The fourth-order valence-corrected chi connectivity index (χ4v) is 2.27. The van der Waals surface area contributed by atoms with E-state index in [9.17, 15) is 4.79 Å². The summed E-state index contributed by atoms with van der Waals surface area (Å²) in [5.41, 5.74) is 6.75. The van der Waals surface area contributed by atoms with E-state index in [1.165, 1.54) is 0 Å². The van der Waals surface area contributed by atoms with Crippen LogP contribution in [0.5, 0.6) is 5.75 Å². The van der Waals surface area contributed by atoms with Gasteiger partial charge in [0.05, 0.1) is 12.7 Å². The molecule has 0 spiro atoms. The van der Waals surface area contributed by atoms with Gasteiger partial charge >= 0.3 is 0 Å². The number of carbonyl (C=O) groups is 1. The van der Waals surface area contributed by atoms with Crippen molar-refractivity contribution >= 4 is 23.4 Å². The fraction of sp³-hybridized carbons (Fsp3) is 0.462. The van der Waals surface area contributed by atoms with Crippen molar-refractivity contribution in [1.29, 1.82) is 0 Å². The van der Waals surface area contributed by atoms with E-state index in [1.54, 1.807) is 37.1 Å². The smallest absolute Gasteiger partial charge is 0.253 e. The van der Waals surface area contributed by atoms with Gasteiger partial charge in [-0.3, -0.25) is 4.79 Å². The Kier molecular flexibility index (Phi) is 5.85. The van der Waals surface area contributed by atoms with Crippen molar-refractivity contribution in [2.24, 2.45) is 5.92 Å². The van der Waals surface area contributed by atoms with Crippen LogP contribution in [0.3, 0.4) is 0 Å². The van der Waals surface area contributed by atoms with E-state index < -0.39 is 0 Å². The molecule has 1 atom stereocenters. The predicted octanol–water partition coefficient (Wildman–Crippen LogP) is 2.01. The minimum Gasteiger partial charge on any atom is -0.497 e. The normalized spacial score (nSPS) is 11.9. The highest BCUT2D eigenvalue weighted by Crippen LogP contribution is 2.19. The number of benzene rings is 1. The van der Waals surface area contributed by atoms with Crippen molar-refractivity contribution in [1.82, 2.24) is 5.32 Å². The van der Waals surface area contributed by atoms with Crippen LogP contribution in [0.2, 0.25) is 0 Å². The van der Waals surface area contributed by atoms with E-state index in [0.29, 0.717) is 29.5 Å². The topological polar surface area (TPSA) is 64.3 Å². The number of nitrogen functional groups attached to an aromatic ring is 1. The van der Waals surface area contributed by atoms with Crippen LogP contribution in [0.15, 0.2) is 18.2 Å². The third kappa shape index (κ3) is 4.14. The summed E-state index contributed by atoms with van der Waals surface area (Å²) in [7, 11) is 1.57. The summed E-state index contributed by atoms with van der Waals surface area (Å²) in [5.74, 6) is 1.99. The van der Waals surface area contributed by atoms with Crippen LogP contribution in [0, 0.1) is 5.92 Å². The highest BCUT2D eigenvalue weighted by Gasteiger charge is 2.11. The van der Waals surface area contributed by atoms with Crippen molar-refractivity contribution < 1.29 is 9.53 Å². The largest absolute Gasteiger partial charge is 0.497 e. The molecule has 0 aliphatic rings. The van der Waals surface area contributed by atoms with Crippen molar-refractivity contribution in [2.75, 3.05) is 31.4 Å². The van der Waals surface area contributed by atoms with Gasteiger partial charge in [-0.15, -0.1) is 0 Å². The third-order valence-corrected chi connectivity index (χ3v) is 3.47. The molecule has 18 heavy (non-hydrogen) atoms. The first-order chi connectivity index (χ1) is 8.58. The van der Waals surface area contributed by atoms with Crippen LogP contribution in [0.4, 0.5) is 5.69 Å². The van der Waals surface area contributed by atoms with Crippen molar-refractivity contribution in [2.45, 2.75) is 6.92 Å². The molecule has 0 saturated carbocycles. The van der Waals surface area contributed by atoms with Crippen molar-refractivity contribution in [3.05, 3.63) is 23.8 Å². The number of anilines is 1. The number of nitrogens with one attached hydrogen (secondary N) is 1. The molecule has 4 nitrogen and oxygen atoms in total. The Hall–Kier alpha value is -1.36. The zero-order valence-electron chi connectivity index (χ0n) is 11.0.